The lowest BCUT2D eigenvalue weighted by atomic mass is 10.1. The first-order chi connectivity index (χ1) is 8.31. The van der Waals surface area contributed by atoms with Crippen molar-refractivity contribution in [3.05, 3.63) is 22.7 Å². The zero-order valence-electron chi connectivity index (χ0n) is 9.28. The number of fused-ring (bicyclic) bond motifs is 1. The molecular formula is C12H13BrN2S2. The van der Waals surface area contributed by atoms with Crippen molar-refractivity contribution in [2.75, 3.05) is 23.4 Å². The van der Waals surface area contributed by atoms with Gasteiger partial charge in [0.2, 0.25) is 0 Å². The Morgan fingerprint density at radius 1 is 1.47 bits per heavy atom. The second-order valence-electron chi connectivity index (χ2n) is 4.24. The van der Waals surface area contributed by atoms with Gasteiger partial charge in [-0.05, 0) is 42.0 Å². The standard InChI is InChI=1S/C12H13BrN2S2/c13-9-1-2-10-11(5-9)17-12(15-10)14-6-8-3-4-16-7-8/h1-2,5,8H,3-4,6-7H2,(H,14,15). The molecule has 1 N–H and O–H groups in total. The fraction of sp³-hybridized carbons (Fsp3) is 0.417. The Kier molecular flexibility index (Phi) is 3.59. The molecule has 2 aromatic rings. The zero-order chi connectivity index (χ0) is 11.7. The molecule has 2 nitrogen and oxygen atoms in total. The predicted molar refractivity (Wildman–Crippen MR) is 81.2 cm³/mol. The number of nitrogens with zero attached hydrogens (tertiary/aromatic N) is 1. The maximum atomic E-state index is 4.59. The van der Waals surface area contributed by atoms with Gasteiger partial charge in [-0.2, -0.15) is 11.8 Å². The van der Waals surface area contributed by atoms with Crippen molar-refractivity contribution in [1.29, 1.82) is 0 Å². The minimum Gasteiger partial charge on any atom is -0.361 e. The van der Waals surface area contributed by atoms with Gasteiger partial charge >= 0.3 is 0 Å². The molecule has 0 spiro atoms. The number of benzene rings is 1. The Bertz CT molecular complexity index is 520. The number of thiazole rings is 1. The van der Waals surface area contributed by atoms with E-state index in [9.17, 15) is 0 Å². The highest BCUT2D eigenvalue weighted by Gasteiger charge is 2.15. The van der Waals surface area contributed by atoms with E-state index in [1.54, 1.807) is 11.3 Å². The average molecular weight is 329 g/mol. The van der Waals surface area contributed by atoms with Gasteiger partial charge in [0.15, 0.2) is 5.13 Å². The summed E-state index contributed by atoms with van der Waals surface area (Å²) in [6.07, 6.45) is 1.34. The highest BCUT2D eigenvalue weighted by atomic mass is 79.9. The van der Waals surface area contributed by atoms with Gasteiger partial charge in [0.05, 0.1) is 10.2 Å². The monoisotopic (exact) mass is 328 g/mol. The number of nitrogens with one attached hydrogen (secondary N) is 1. The normalized spacial score (nSPS) is 19.9. The predicted octanol–water partition coefficient (Wildman–Crippen LogP) is 4.22. The van der Waals surface area contributed by atoms with Gasteiger partial charge in [-0.3, -0.25) is 0 Å². The molecule has 1 aromatic carbocycles. The second kappa shape index (κ2) is 5.16. The van der Waals surface area contributed by atoms with Gasteiger partial charge in [0.25, 0.3) is 0 Å². The molecule has 1 aromatic heterocycles. The maximum Gasteiger partial charge on any atom is 0.183 e. The number of aromatic nitrogens is 1. The number of rotatable bonds is 3. The van der Waals surface area contributed by atoms with E-state index in [4.69, 9.17) is 0 Å². The fourth-order valence-electron chi connectivity index (χ4n) is 1.95. The SMILES string of the molecule is Brc1ccc2nc(NCC3CCSC3)sc2c1. The van der Waals surface area contributed by atoms with Gasteiger partial charge < -0.3 is 5.32 Å². The van der Waals surface area contributed by atoms with E-state index in [-0.39, 0.29) is 0 Å². The lowest BCUT2D eigenvalue weighted by molar-refractivity contribution is 0.631. The molecule has 0 aliphatic carbocycles. The van der Waals surface area contributed by atoms with Crippen LogP contribution in [-0.4, -0.2) is 23.0 Å². The summed E-state index contributed by atoms with van der Waals surface area (Å²) in [5, 5.41) is 4.53. The minimum atomic E-state index is 0.818. The fourth-order valence-corrected chi connectivity index (χ4v) is 4.66. The summed E-state index contributed by atoms with van der Waals surface area (Å²) in [5.74, 6) is 3.43. The van der Waals surface area contributed by atoms with Crippen LogP contribution in [0.1, 0.15) is 6.42 Å². The van der Waals surface area contributed by atoms with Crippen molar-refractivity contribution in [3.8, 4) is 0 Å². The lowest BCUT2D eigenvalue weighted by Gasteiger charge is -2.07. The molecule has 0 saturated carbocycles. The summed E-state index contributed by atoms with van der Waals surface area (Å²) in [6.45, 7) is 1.06. The first kappa shape index (κ1) is 11.8. The van der Waals surface area contributed by atoms with Gasteiger partial charge in [-0.15, -0.1) is 0 Å². The van der Waals surface area contributed by atoms with Crippen LogP contribution in [0.2, 0.25) is 0 Å². The van der Waals surface area contributed by atoms with E-state index in [1.165, 1.54) is 22.6 Å². The molecule has 90 valence electrons. The molecule has 1 atom stereocenters. The molecule has 1 saturated heterocycles. The van der Waals surface area contributed by atoms with E-state index in [1.807, 2.05) is 6.07 Å². The summed E-state index contributed by atoms with van der Waals surface area (Å²) < 4.78 is 2.36. The average Bonchev–Trinajstić information content (AvgIpc) is 2.94. The quantitative estimate of drug-likeness (QED) is 0.912. The summed E-state index contributed by atoms with van der Waals surface area (Å²) in [7, 11) is 0. The minimum absolute atomic E-state index is 0.818. The molecular weight excluding hydrogens is 316 g/mol. The third-order valence-electron chi connectivity index (χ3n) is 2.92. The Hall–Kier alpha value is -0.260. The number of hydrogen-bond donors (Lipinski definition) is 1. The number of hydrogen-bond acceptors (Lipinski definition) is 4. The highest BCUT2D eigenvalue weighted by Crippen LogP contribution is 2.29. The zero-order valence-corrected chi connectivity index (χ0v) is 12.5. The number of halogens is 1. The van der Waals surface area contributed by atoms with Crippen molar-refractivity contribution in [3.63, 3.8) is 0 Å². The molecule has 1 unspecified atom stereocenters. The Balaban J connectivity index is 1.72. The van der Waals surface area contributed by atoms with Crippen LogP contribution in [0.3, 0.4) is 0 Å². The Morgan fingerprint density at radius 3 is 3.24 bits per heavy atom. The lowest BCUT2D eigenvalue weighted by Crippen LogP contribution is -2.13. The summed E-state index contributed by atoms with van der Waals surface area (Å²) >= 11 is 7.29. The first-order valence-electron chi connectivity index (χ1n) is 5.69. The molecule has 3 rings (SSSR count). The van der Waals surface area contributed by atoms with E-state index < -0.39 is 0 Å². The van der Waals surface area contributed by atoms with Crippen molar-refractivity contribution >= 4 is 54.4 Å². The molecule has 1 aliphatic rings. The third-order valence-corrected chi connectivity index (χ3v) is 5.62. The van der Waals surface area contributed by atoms with Crippen LogP contribution in [-0.2, 0) is 0 Å². The van der Waals surface area contributed by atoms with E-state index in [2.05, 4.69) is 50.1 Å². The van der Waals surface area contributed by atoms with Crippen LogP contribution in [0.25, 0.3) is 10.2 Å². The van der Waals surface area contributed by atoms with Crippen LogP contribution < -0.4 is 5.32 Å². The largest absolute Gasteiger partial charge is 0.361 e. The van der Waals surface area contributed by atoms with Crippen molar-refractivity contribution < 1.29 is 0 Å². The maximum absolute atomic E-state index is 4.59. The van der Waals surface area contributed by atoms with Crippen LogP contribution in [0.15, 0.2) is 22.7 Å². The van der Waals surface area contributed by atoms with Crippen LogP contribution in [0, 0.1) is 5.92 Å². The second-order valence-corrected chi connectivity index (χ2v) is 7.34. The van der Waals surface area contributed by atoms with E-state index >= 15 is 0 Å². The summed E-state index contributed by atoms with van der Waals surface area (Å²) in [5.41, 5.74) is 1.08. The van der Waals surface area contributed by atoms with Gasteiger partial charge in [-0.1, -0.05) is 27.3 Å². The van der Waals surface area contributed by atoms with Crippen LogP contribution in [0.4, 0.5) is 5.13 Å². The molecule has 0 amide bonds. The smallest absolute Gasteiger partial charge is 0.183 e. The first-order valence-corrected chi connectivity index (χ1v) is 8.45. The molecule has 0 bridgehead atoms. The molecule has 1 aliphatic heterocycles. The Labute approximate surface area is 117 Å². The van der Waals surface area contributed by atoms with E-state index in [0.717, 1.165) is 27.6 Å². The summed E-state index contributed by atoms with van der Waals surface area (Å²) in [6, 6.07) is 6.23. The van der Waals surface area contributed by atoms with Crippen LogP contribution in [0.5, 0.6) is 0 Å². The van der Waals surface area contributed by atoms with Gasteiger partial charge in [0.1, 0.15) is 0 Å². The molecule has 0 radical (unpaired) electrons. The topological polar surface area (TPSA) is 24.9 Å². The number of anilines is 1. The summed E-state index contributed by atoms with van der Waals surface area (Å²) in [4.78, 5) is 4.59. The highest BCUT2D eigenvalue weighted by molar-refractivity contribution is 9.10. The van der Waals surface area contributed by atoms with Crippen molar-refractivity contribution in [2.45, 2.75) is 6.42 Å². The Morgan fingerprint density at radius 2 is 2.41 bits per heavy atom. The van der Waals surface area contributed by atoms with E-state index in [0.29, 0.717) is 0 Å². The van der Waals surface area contributed by atoms with Gasteiger partial charge in [0, 0.05) is 11.0 Å². The van der Waals surface area contributed by atoms with Crippen molar-refractivity contribution in [2.24, 2.45) is 5.92 Å². The molecule has 1 fully saturated rings. The molecule has 17 heavy (non-hydrogen) atoms. The number of thioether (sulfide) groups is 1. The molecule has 2 heterocycles. The third kappa shape index (κ3) is 2.77. The van der Waals surface area contributed by atoms with Gasteiger partial charge in [-0.25, -0.2) is 4.98 Å². The van der Waals surface area contributed by atoms with Crippen molar-refractivity contribution in [1.82, 2.24) is 4.98 Å². The molecule has 5 heteroatoms. The van der Waals surface area contributed by atoms with Crippen LogP contribution >= 0.6 is 39.0 Å².